The first-order chi connectivity index (χ1) is 13.4. The molecule has 0 bridgehead atoms. The van der Waals surface area contributed by atoms with Crippen molar-refractivity contribution in [2.45, 2.75) is 19.2 Å². The van der Waals surface area contributed by atoms with Crippen LogP contribution in [0.4, 0.5) is 0 Å². The number of hydrogen-bond acceptors (Lipinski definition) is 5. The van der Waals surface area contributed by atoms with Crippen LogP contribution in [0.3, 0.4) is 0 Å². The molecule has 0 atom stereocenters. The van der Waals surface area contributed by atoms with Crippen molar-refractivity contribution in [2.24, 2.45) is 0 Å². The van der Waals surface area contributed by atoms with Gasteiger partial charge in [0.25, 0.3) is 5.91 Å². The first-order valence-corrected chi connectivity index (χ1v) is 10.7. The lowest BCUT2D eigenvalue weighted by Gasteiger charge is -2.12. The van der Waals surface area contributed by atoms with Crippen LogP contribution in [0.5, 0.6) is 5.75 Å². The number of ether oxygens (including phenoxy) is 2. The molecular formula is C20H26N2O5S. The van der Waals surface area contributed by atoms with Gasteiger partial charge in [-0.25, -0.2) is 13.1 Å². The summed E-state index contributed by atoms with van der Waals surface area (Å²) in [6, 6.07) is 14.1. The third-order valence-electron chi connectivity index (χ3n) is 3.96. The molecule has 0 aliphatic rings. The van der Waals surface area contributed by atoms with Crippen LogP contribution in [0.25, 0.3) is 0 Å². The summed E-state index contributed by atoms with van der Waals surface area (Å²) in [6.07, 6.45) is 0. The van der Waals surface area contributed by atoms with E-state index in [1.165, 1.54) is 7.05 Å². The minimum absolute atomic E-state index is 0.0808. The van der Waals surface area contributed by atoms with E-state index < -0.39 is 10.0 Å². The maximum atomic E-state index is 12.5. The van der Waals surface area contributed by atoms with Gasteiger partial charge in [-0.15, -0.1) is 0 Å². The van der Waals surface area contributed by atoms with E-state index in [0.29, 0.717) is 43.2 Å². The topological polar surface area (TPSA) is 93.7 Å². The van der Waals surface area contributed by atoms with Crippen molar-refractivity contribution in [1.29, 1.82) is 0 Å². The Labute approximate surface area is 166 Å². The number of amides is 1. The van der Waals surface area contributed by atoms with Gasteiger partial charge in [0, 0.05) is 13.2 Å². The molecule has 0 aliphatic heterocycles. The smallest absolute Gasteiger partial charge is 0.255 e. The average molecular weight is 407 g/mol. The number of sulfonamides is 1. The number of nitrogens with one attached hydrogen (secondary N) is 2. The van der Waals surface area contributed by atoms with Gasteiger partial charge in [-0.05, 0) is 37.2 Å². The van der Waals surface area contributed by atoms with Crippen molar-refractivity contribution in [3.8, 4) is 5.75 Å². The van der Waals surface area contributed by atoms with Crippen molar-refractivity contribution in [1.82, 2.24) is 10.0 Å². The lowest BCUT2D eigenvalue weighted by Crippen LogP contribution is -2.24. The molecule has 1 amide bonds. The Morgan fingerprint density at radius 1 is 1.00 bits per heavy atom. The molecule has 2 aromatic carbocycles. The van der Waals surface area contributed by atoms with E-state index >= 15 is 0 Å². The van der Waals surface area contributed by atoms with E-state index in [1.807, 2.05) is 13.0 Å². The molecule has 8 heteroatoms. The second kappa shape index (κ2) is 10.8. The summed E-state index contributed by atoms with van der Waals surface area (Å²) in [5, 5.41) is 2.86. The quantitative estimate of drug-likeness (QED) is 0.557. The van der Waals surface area contributed by atoms with Crippen LogP contribution in [0.1, 0.15) is 28.4 Å². The molecule has 0 aromatic heterocycles. The summed E-state index contributed by atoms with van der Waals surface area (Å²) in [6.45, 7) is 3.68. The molecule has 0 fully saturated rings. The van der Waals surface area contributed by atoms with Crippen LogP contribution >= 0.6 is 0 Å². The van der Waals surface area contributed by atoms with Crippen molar-refractivity contribution >= 4 is 15.9 Å². The van der Waals surface area contributed by atoms with Gasteiger partial charge in [0.15, 0.2) is 0 Å². The minimum atomic E-state index is -3.31. The van der Waals surface area contributed by atoms with E-state index in [1.54, 1.807) is 42.5 Å². The van der Waals surface area contributed by atoms with E-state index in [-0.39, 0.29) is 11.7 Å². The van der Waals surface area contributed by atoms with Crippen LogP contribution in [-0.2, 0) is 27.1 Å². The molecule has 152 valence electrons. The van der Waals surface area contributed by atoms with Gasteiger partial charge in [0.2, 0.25) is 10.0 Å². The molecule has 2 rings (SSSR count). The standard InChI is InChI=1S/C20H26N2O5S/c1-3-26-12-13-27-19-7-5-4-6-18(19)20(23)22-14-16-8-10-17(11-9-16)15-28(24,25)21-2/h4-11,21H,3,12-15H2,1-2H3,(H,22,23). The maximum absolute atomic E-state index is 12.5. The molecule has 0 saturated heterocycles. The van der Waals surface area contributed by atoms with Gasteiger partial charge in [0.1, 0.15) is 12.4 Å². The Morgan fingerprint density at radius 2 is 1.68 bits per heavy atom. The summed E-state index contributed by atoms with van der Waals surface area (Å²) in [5.74, 6) is 0.184. The number of rotatable bonds is 11. The van der Waals surface area contributed by atoms with E-state index in [2.05, 4.69) is 10.0 Å². The summed E-state index contributed by atoms with van der Waals surface area (Å²) >= 11 is 0. The summed E-state index contributed by atoms with van der Waals surface area (Å²) in [7, 11) is -1.92. The maximum Gasteiger partial charge on any atom is 0.255 e. The first kappa shape index (κ1) is 21.9. The van der Waals surface area contributed by atoms with Crippen LogP contribution in [0, 0.1) is 0 Å². The minimum Gasteiger partial charge on any atom is -0.490 e. The van der Waals surface area contributed by atoms with Crippen molar-refractivity contribution < 1.29 is 22.7 Å². The second-order valence-corrected chi connectivity index (χ2v) is 7.93. The van der Waals surface area contributed by atoms with Gasteiger partial charge in [-0.3, -0.25) is 4.79 Å². The lowest BCUT2D eigenvalue weighted by atomic mass is 10.1. The molecule has 2 aromatic rings. The predicted molar refractivity (Wildman–Crippen MR) is 108 cm³/mol. The number of hydrogen-bond donors (Lipinski definition) is 2. The Balaban J connectivity index is 1.93. The van der Waals surface area contributed by atoms with Crippen LogP contribution < -0.4 is 14.8 Å². The Morgan fingerprint density at radius 3 is 2.36 bits per heavy atom. The number of carbonyl (C=O) groups excluding carboxylic acids is 1. The molecular weight excluding hydrogens is 380 g/mol. The molecule has 0 spiro atoms. The van der Waals surface area contributed by atoms with Gasteiger partial charge < -0.3 is 14.8 Å². The van der Waals surface area contributed by atoms with E-state index in [9.17, 15) is 13.2 Å². The molecule has 2 N–H and O–H groups in total. The fraction of sp³-hybridized carbons (Fsp3) is 0.350. The number of carbonyl (C=O) groups is 1. The normalized spacial score (nSPS) is 11.2. The summed E-state index contributed by atoms with van der Waals surface area (Å²) in [4.78, 5) is 12.5. The fourth-order valence-electron chi connectivity index (χ4n) is 2.46. The highest BCUT2D eigenvalue weighted by molar-refractivity contribution is 7.88. The largest absolute Gasteiger partial charge is 0.490 e. The molecule has 0 saturated carbocycles. The highest BCUT2D eigenvalue weighted by atomic mass is 32.2. The summed E-state index contributed by atoms with van der Waals surface area (Å²) in [5.41, 5.74) is 2.00. The fourth-order valence-corrected chi connectivity index (χ4v) is 3.23. The first-order valence-electron chi connectivity index (χ1n) is 9.02. The lowest BCUT2D eigenvalue weighted by molar-refractivity contribution is 0.0934. The second-order valence-electron chi connectivity index (χ2n) is 6.00. The van der Waals surface area contributed by atoms with Crippen LogP contribution in [-0.4, -0.2) is 41.2 Å². The van der Waals surface area contributed by atoms with Crippen LogP contribution in [0.2, 0.25) is 0 Å². The predicted octanol–water partition coefficient (Wildman–Crippen LogP) is 2.08. The zero-order valence-electron chi connectivity index (χ0n) is 16.1. The zero-order chi connectivity index (χ0) is 20.4. The molecule has 0 heterocycles. The number of benzene rings is 2. The molecule has 7 nitrogen and oxygen atoms in total. The zero-order valence-corrected chi connectivity index (χ0v) is 16.9. The average Bonchev–Trinajstić information content (AvgIpc) is 2.70. The summed E-state index contributed by atoms with van der Waals surface area (Å²) < 4.78 is 36.3. The van der Waals surface area contributed by atoms with Gasteiger partial charge in [-0.1, -0.05) is 36.4 Å². The molecule has 0 aliphatic carbocycles. The van der Waals surface area contributed by atoms with E-state index in [4.69, 9.17) is 9.47 Å². The Kier molecular flexibility index (Phi) is 8.43. The van der Waals surface area contributed by atoms with Crippen LogP contribution in [0.15, 0.2) is 48.5 Å². The van der Waals surface area contributed by atoms with E-state index in [0.717, 1.165) is 5.56 Å². The monoisotopic (exact) mass is 406 g/mol. The number of para-hydroxylation sites is 1. The van der Waals surface area contributed by atoms with Gasteiger partial charge >= 0.3 is 0 Å². The molecule has 0 radical (unpaired) electrons. The highest BCUT2D eigenvalue weighted by Gasteiger charge is 2.12. The third-order valence-corrected chi connectivity index (χ3v) is 5.30. The van der Waals surface area contributed by atoms with Gasteiger partial charge in [0.05, 0.1) is 17.9 Å². The molecule has 28 heavy (non-hydrogen) atoms. The Hall–Kier alpha value is -2.42. The third kappa shape index (κ3) is 6.95. The Bertz CT molecular complexity index is 866. The van der Waals surface area contributed by atoms with Crippen molar-refractivity contribution in [2.75, 3.05) is 26.9 Å². The van der Waals surface area contributed by atoms with Crippen molar-refractivity contribution in [3.63, 3.8) is 0 Å². The SMILES string of the molecule is CCOCCOc1ccccc1C(=O)NCc1ccc(CS(=O)(=O)NC)cc1. The highest BCUT2D eigenvalue weighted by Crippen LogP contribution is 2.18. The molecule has 0 unspecified atom stereocenters. The van der Waals surface area contributed by atoms with Gasteiger partial charge in [-0.2, -0.15) is 0 Å². The van der Waals surface area contributed by atoms with Crippen molar-refractivity contribution in [3.05, 3.63) is 65.2 Å².